The Morgan fingerprint density at radius 1 is 1.43 bits per heavy atom. The number of methoxy groups -OCH3 is 1. The Kier molecular flexibility index (Phi) is 4.17. The number of benzene rings is 1. The summed E-state index contributed by atoms with van der Waals surface area (Å²) >= 11 is 1.41. The van der Waals surface area contributed by atoms with Crippen LogP contribution in [0.3, 0.4) is 0 Å². The van der Waals surface area contributed by atoms with Gasteiger partial charge in [0, 0.05) is 43.0 Å². The summed E-state index contributed by atoms with van der Waals surface area (Å²) in [6.07, 6.45) is 3.02. The summed E-state index contributed by atoms with van der Waals surface area (Å²) in [6, 6.07) is 7.65. The molecule has 21 heavy (non-hydrogen) atoms. The van der Waals surface area contributed by atoms with Gasteiger partial charge in [0.05, 0.1) is 6.10 Å². The lowest BCUT2D eigenvalue weighted by Gasteiger charge is -2.18. The predicted octanol–water partition coefficient (Wildman–Crippen LogP) is 2.62. The fraction of sp³-hybridized carbons (Fsp3) is 0.333. The van der Waals surface area contributed by atoms with Crippen LogP contribution in [0.5, 0.6) is 0 Å². The van der Waals surface area contributed by atoms with Crippen LogP contribution < -0.4 is 10.2 Å². The highest BCUT2D eigenvalue weighted by Crippen LogP contribution is 2.22. The molecule has 1 N–H and O–H groups in total. The fourth-order valence-corrected chi connectivity index (χ4v) is 2.96. The minimum Gasteiger partial charge on any atom is -0.380 e. The number of hydrogen-bond acceptors (Lipinski definition) is 5. The van der Waals surface area contributed by atoms with Crippen LogP contribution >= 0.6 is 11.3 Å². The van der Waals surface area contributed by atoms with Crippen LogP contribution in [0.2, 0.25) is 0 Å². The van der Waals surface area contributed by atoms with E-state index in [9.17, 15) is 4.79 Å². The topological polar surface area (TPSA) is 54.5 Å². The first-order valence-corrected chi connectivity index (χ1v) is 7.73. The largest absolute Gasteiger partial charge is 0.380 e. The van der Waals surface area contributed by atoms with Gasteiger partial charge in [-0.25, -0.2) is 4.98 Å². The third-order valence-electron chi connectivity index (χ3n) is 3.63. The quantitative estimate of drug-likeness (QED) is 0.943. The van der Waals surface area contributed by atoms with E-state index in [4.69, 9.17) is 4.74 Å². The zero-order valence-electron chi connectivity index (χ0n) is 11.8. The van der Waals surface area contributed by atoms with Crippen LogP contribution in [0.25, 0.3) is 0 Å². The van der Waals surface area contributed by atoms with Crippen molar-refractivity contribution in [2.75, 3.05) is 30.4 Å². The van der Waals surface area contributed by atoms with Gasteiger partial charge in [-0.15, -0.1) is 11.3 Å². The first kappa shape index (κ1) is 14.0. The average molecular weight is 303 g/mol. The van der Waals surface area contributed by atoms with Crippen molar-refractivity contribution in [3.8, 4) is 0 Å². The second kappa shape index (κ2) is 6.24. The number of nitrogens with one attached hydrogen (secondary N) is 1. The zero-order valence-corrected chi connectivity index (χ0v) is 12.6. The van der Waals surface area contributed by atoms with Crippen LogP contribution in [-0.2, 0) is 4.74 Å². The van der Waals surface area contributed by atoms with Crippen molar-refractivity contribution in [3.05, 3.63) is 41.4 Å². The summed E-state index contributed by atoms with van der Waals surface area (Å²) in [7, 11) is 1.75. The number of carbonyl (C=O) groups is 1. The lowest BCUT2D eigenvalue weighted by molar-refractivity contribution is 0.102. The molecular weight excluding hydrogens is 286 g/mol. The molecule has 1 saturated heterocycles. The fourth-order valence-electron chi connectivity index (χ4n) is 2.43. The molecule has 0 radical (unpaired) electrons. The Morgan fingerprint density at radius 3 is 2.86 bits per heavy atom. The van der Waals surface area contributed by atoms with Crippen LogP contribution in [0.1, 0.15) is 16.8 Å². The lowest BCUT2D eigenvalue weighted by atomic mass is 10.2. The third kappa shape index (κ3) is 3.22. The molecule has 2 aromatic rings. The highest BCUT2D eigenvalue weighted by molar-refractivity contribution is 7.13. The molecule has 6 heteroatoms. The van der Waals surface area contributed by atoms with Crippen molar-refractivity contribution in [2.24, 2.45) is 0 Å². The van der Waals surface area contributed by atoms with Crippen LogP contribution in [0, 0.1) is 0 Å². The van der Waals surface area contributed by atoms with E-state index in [1.165, 1.54) is 11.3 Å². The Bertz CT molecular complexity index is 598. The van der Waals surface area contributed by atoms with Crippen molar-refractivity contribution in [1.82, 2.24) is 4.98 Å². The Morgan fingerprint density at radius 2 is 2.24 bits per heavy atom. The monoisotopic (exact) mass is 303 g/mol. The van der Waals surface area contributed by atoms with Crippen molar-refractivity contribution in [2.45, 2.75) is 12.5 Å². The average Bonchev–Trinajstić information content (AvgIpc) is 3.18. The Hall–Kier alpha value is -1.92. The van der Waals surface area contributed by atoms with Gasteiger partial charge in [-0.05, 0) is 30.7 Å². The maximum absolute atomic E-state index is 12.1. The molecule has 1 aromatic heterocycles. The summed E-state index contributed by atoms with van der Waals surface area (Å²) in [5.74, 6) is -0.132. The maximum atomic E-state index is 12.1. The molecule has 0 saturated carbocycles. The smallest absolute Gasteiger partial charge is 0.257 e. The molecule has 0 spiro atoms. The van der Waals surface area contributed by atoms with Gasteiger partial charge in [0.15, 0.2) is 5.13 Å². The number of hydrogen-bond donors (Lipinski definition) is 1. The minimum atomic E-state index is -0.132. The molecule has 3 rings (SSSR count). The molecule has 1 atom stereocenters. The molecule has 1 aromatic carbocycles. The van der Waals surface area contributed by atoms with Gasteiger partial charge in [0.25, 0.3) is 5.91 Å². The predicted molar refractivity (Wildman–Crippen MR) is 84.1 cm³/mol. The van der Waals surface area contributed by atoms with Gasteiger partial charge in [-0.2, -0.15) is 0 Å². The summed E-state index contributed by atoms with van der Waals surface area (Å²) in [5.41, 5.74) is 1.76. The molecule has 1 amide bonds. The highest BCUT2D eigenvalue weighted by atomic mass is 32.1. The van der Waals surface area contributed by atoms with Gasteiger partial charge in [-0.1, -0.05) is 0 Å². The molecule has 0 bridgehead atoms. The van der Waals surface area contributed by atoms with Crippen LogP contribution in [-0.4, -0.2) is 37.2 Å². The highest BCUT2D eigenvalue weighted by Gasteiger charge is 2.22. The van der Waals surface area contributed by atoms with E-state index < -0.39 is 0 Å². The van der Waals surface area contributed by atoms with Gasteiger partial charge in [0.1, 0.15) is 0 Å². The van der Waals surface area contributed by atoms with E-state index in [0.29, 0.717) is 16.8 Å². The first-order chi connectivity index (χ1) is 10.3. The Labute approximate surface area is 127 Å². The van der Waals surface area contributed by atoms with Crippen molar-refractivity contribution in [1.29, 1.82) is 0 Å². The van der Waals surface area contributed by atoms with Crippen LogP contribution in [0.4, 0.5) is 10.8 Å². The van der Waals surface area contributed by atoms with Crippen molar-refractivity contribution < 1.29 is 9.53 Å². The van der Waals surface area contributed by atoms with E-state index in [-0.39, 0.29) is 5.91 Å². The van der Waals surface area contributed by atoms with Crippen molar-refractivity contribution >= 4 is 28.1 Å². The molecule has 0 unspecified atom stereocenters. The SMILES string of the molecule is CO[C@H]1CCN(c2ccc(C(=O)Nc3nccs3)cc2)C1. The summed E-state index contributed by atoms with van der Waals surface area (Å²) in [4.78, 5) is 18.4. The van der Waals surface area contributed by atoms with E-state index in [1.807, 2.05) is 29.6 Å². The number of carbonyl (C=O) groups excluding carboxylic acids is 1. The molecular formula is C15H17N3O2S. The van der Waals surface area contributed by atoms with E-state index in [1.54, 1.807) is 13.3 Å². The zero-order chi connectivity index (χ0) is 14.7. The van der Waals surface area contributed by atoms with Crippen molar-refractivity contribution in [3.63, 3.8) is 0 Å². The van der Waals surface area contributed by atoms with E-state index in [2.05, 4.69) is 15.2 Å². The van der Waals surface area contributed by atoms with E-state index in [0.717, 1.165) is 25.2 Å². The number of rotatable bonds is 4. The molecule has 1 fully saturated rings. The lowest BCUT2D eigenvalue weighted by Crippen LogP contribution is -2.22. The van der Waals surface area contributed by atoms with E-state index >= 15 is 0 Å². The molecule has 0 aliphatic carbocycles. The van der Waals surface area contributed by atoms with Gasteiger partial charge >= 0.3 is 0 Å². The molecule has 2 heterocycles. The number of thiazole rings is 1. The molecule has 5 nitrogen and oxygen atoms in total. The number of nitrogens with zero attached hydrogens (tertiary/aromatic N) is 2. The summed E-state index contributed by atoms with van der Waals surface area (Å²) in [6.45, 7) is 1.89. The first-order valence-electron chi connectivity index (χ1n) is 6.85. The standard InChI is InChI=1S/C15H17N3O2S/c1-20-13-6-8-18(10-13)12-4-2-11(3-5-12)14(19)17-15-16-7-9-21-15/h2-5,7,9,13H,6,8,10H2,1H3,(H,16,17,19)/t13-/m0/s1. The summed E-state index contributed by atoms with van der Waals surface area (Å²) in [5, 5.41) is 5.23. The maximum Gasteiger partial charge on any atom is 0.257 e. The number of ether oxygens (including phenoxy) is 1. The molecule has 1 aliphatic heterocycles. The molecule has 110 valence electrons. The minimum absolute atomic E-state index is 0.132. The van der Waals surface area contributed by atoms with Crippen LogP contribution in [0.15, 0.2) is 35.8 Å². The number of aromatic nitrogens is 1. The second-order valence-corrected chi connectivity index (χ2v) is 5.83. The number of amides is 1. The number of anilines is 2. The second-order valence-electron chi connectivity index (χ2n) is 4.93. The van der Waals surface area contributed by atoms with Gasteiger partial charge in [0.2, 0.25) is 0 Å². The van der Waals surface area contributed by atoms with Gasteiger partial charge < -0.3 is 9.64 Å². The Balaban J connectivity index is 1.65. The molecule has 1 aliphatic rings. The summed E-state index contributed by atoms with van der Waals surface area (Å²) < 4.78 is 5.37. The normalized spacial score (nSPS) is 18.0. The van der Waals surface area contributed by atoms with Gasteiger partial charge in [-0.3, -0.25) is 10.1 Å². The third-order valence-corrected chi connectivity index (χ3v) is 4.31.